The highest BCUT2D eigenvalue weighted by molar-refractivity contribution is 5.16. The Hall–Kier alpha value is -1.05. The summed E-state index contributed by atoms with van der Waals surface area (Å²) < 4.78 is 4.99. The second kappa shape index (κ2) is 3.37. The Bertz CT molecular complexity index is 286. The van der Waals surface area contributed by atoms with Crippen LogP contribution in [0.25, 0.3) is 0 Å². The molecular formula is C9H12O2. The van der Waals surface area contributed by atoms with Crippen LogP contribution in [-0.2, 0) is 12.8 Å². The van der Waals surface area contributed by atoms with Gasteiger partial charge in [-0.05, 0) is 18.1 Å². The largest absolute Gasteiger partial charge is 0.428 e. The number of hydrogen-bond donors (Lipinski definition) is 0. The molecule has 0 amide bonds. The molecule has 0 aliphatic heterocycles. The second-order valence-corrected chi connectivity index (χ2v) is 2.41. The van der Waals surface area contributed by atoms with Crippen molar-refractivity contribution in [2.24, 2.45) is 0 Å². The molecule has 1 rings (SSSR count). The van der Waals surface area contributed by atoms with Crippen molar-refractivity contribution in [3.63, 3.8) is 0 Å². The van der Waals surface area contributed by atoms with Crippen molar-refractivity contribution in [3.8, 4) is 0 Å². The van der Waals surface area contributed by atoms with E-state index in [1.165, 1.54) is 6.07 Å². The number of hydrogen-bond acceptors (Lipinski definition) is 2. The van der Waals surface area contributed by atoms with Crippen molar-refractivity contribution in [1.82, 2.24) is 0 Å². The van der Waals surface area contributed by atoms with Gasteiger partial charge in [-0.1, -0.05) is 13.8 Å². The predicted molar refractivity (Wildman–Crippen MR) is 43.7 cm³/mol. The molecule has 1 aromatic rings. The first-order chi connectivity index (χ1) is 5.27. The average Bonchev–Trinajstić information content (AvgIpc) is 2.04. The van der Waals surface area contributed by atoms with Crippen molar-refractivity contribution >= 4 is 0 Å². The molecule has 0 bridgehead atoms. The summed E-state index contributed by atoms with van der Waals surface area (Å²) in [5, 5.41) is 0. The summed E-state index contributed by atoms with van der Waals surface area (Å²) in [6.07, 6.45) is 1.71. The molecule has 60 valence electrons. The minimum atomic E-state index is -0.251. The summed E-state index contributed by atoms with van der Waals surface area (Å²) in [6, 6.07) is 3.31. The molecule has 0 atom stereocenters. The third-order valence-electron chi connectivity index (χ3n) is 1.70. The first-order valence-electron chi connectivity index (χ1n) is 3.89. The second-order valence-electron chi connectivity index (χ2n) is 2.41. The predicted octanol–water partition coefficient (Wildman–Crippen LogP) is 1.76. The molecule has 0 saturated carbocycles. The van der Waals surface area contributed by atoms with Crippen molar-refractivity contribution in [1.29, 1.82) is 0 Å². The lowest BCUT2D eigenvalue weighted by Gasteiger charge is -2.00. The molecule has 0 fully saturated rings. The maximum atomic E-state index is 10.8. The first-order valence-corrected chi connectivity index (χ1v) is 3.89. The highest BCUT2D eigenvalue weighted by Crippen LogP contribution is 2.06. The van der Waals surface area contributed by atoms with E-state index in [9.17, 15) is 4.79 Å². The maximum Gasteiger partial charge on any atom is 0.335 e. The summed E-state index contributed by atoms with van der Waals surface area (Å²) in [6.45, 7) is 4.03. The normalized spacial score (nSPS) is 10.0. The van der Waals surface area contributed by atoms with Crippen LogP contribution in [0.1, 0.15) is 25.2 Å². The maximum absolute atomic E-state index is 10.8. The van der Waals surface area contributed by atoms with Crippen LogP contribution in [0.3, 0.4) is 0 Å². The van der Waals surface area contributed by atoms with Crippen LogP contribution < -0.4 is 5.63 Å². The Morgan fingerprint density at radius 2 is 2.00 bits per heavy atom. The molecule has 0 spiro atoms. The average molecular weight is 152 g/mol. The van der Waals surface area contributed by atoms with E-state index in [-0.39, 0.29) is 5.63 Å². The zero-order valence-electron chi connectivity index (χ0n) is 6.89. The van der Waals surface area contributed by atoms with Crippen LogP contribution in [0.15, 0.2) is 21.3 Å². The van der Waals surface area contributed by atoms with Crippen molar-refractivity contribution < 1.29 is 4.42 Å². The Morgan fingerprint density at radius 1 is 1.27 bits per heavy atom. The number of aryl methyl sites for hydroxylation is 2. The molecule has 0 aromatic carbocycles. The fourth-order valence-electron chi connectivity index (χ4n) is 1.10. The first kappa shape index (κ1) is 8.05. The summed E-state index contributed by atoms with van der Waals surface area (Å²) in [5.74, 6) is 0.819. The van der Waals surface area contributed by atoms with E-state index in [2.05, 4.69) is 6.92 Å². The summed E-state index contributed by atoms with van der Waals surface area (Å²) in [4.78, 5) is 10.8. The van der Waals surface area contributed by atoms with Gasteiger partial charge in [-0.2, -0.15) is 0 Å². The number of rotatable bonds is 2. The summed E-state index contributed by atoms with van der Waals surface area (Å²) in [5.41, 5.74) is 0.881. The molecule has 0 radical (unpaired) electrons. The lowest BCUT2D eigenvalue weighted by molar-refractivity contribution is 0.457. The minimum Gasteiger partial charge on any atom is -0.428 e. The lowest BCUT2D eigenvalue weighted by atomic mass is 10.1. The molecule has 0 aliphatic carbocycles. The van der Waals surface area contributed by atoms with Crippen LogP contribution >= 0.6 is 0 Å². The molecule has 1 heterocycles. The van der Waals surface area contributed by atoms with E-state index < -0.39 is 0 Å². The van der Waals surface area contributed by atoms with Gasteiger partial charge in [-0.25, -0.2) is 4.79 Å². The van der Waals surface area contributed by atoms with Crippen molar-refractivity contribution in [3.05, 3.63) is 33.9 Å². The van der Waals surface area contributed by atoms with Crippen molar-refractivity contribution in [2.45, 2.75) is 26.7 Å². The Morgan fingerprint density at radius 3 is 2.55 bits per heavy atom. The molecule has 2 nitrogen and oxygen atoms in total. The van der Waals surface area contributed by atoms with Gasteiger partial charge in [0.05, 0.1) is 0 Å². The Balaban J connectivity index is 3.16. The smallest absolute Gasteiger partial charge is 0.335 e. The van der Waals surface area contributed by atoms with Gasteiger partial charge in [0.25, 0.3) is 0 Å². The van der Waals surface area contributed by atoms with Gasteiger partial charge in [0, 0.05) is 12.5 Å². The van der Waals surface area contributed by atoms with Gasteiger partial charge in [0.1, 0.15) is 5.76 Å². The van der Waals surface area contributed by atoms with E-state index in [0.717, 1.165) is 24.2 Å². The lowest BCUT2D eigenvalue weighted by Crippen LogP contribution is -2.01. The third kappa shape index (κ3) is 1.70. The molecule has 11 heavy (non-hydrogen) atoms. The highest BCUT2D eigenvalue weighted by atomic mass is 16.4. The molecule has 1 aromatic heterocycles. The summed E-state index contributed by atoms with van der Waals surface area (Å²) in [7, 11) is 0. The van der Waals surface area contributed by atoms with Crippen LogP contribution in [0.5, 0.6) is 0 Å². The molecule has 0 unspecified atom stereocenters. The van der Waals surface area contributed by atoms with Gasteiger partial charge in [0.2, 0.25) is 0 Å². The minimum absolute atomic E-state index is 0.251. The third-order valence-corrected chi connectivity index (χ3v) is 1.70. The molecule has 0 aliphatic rings. The Kier molecular flexibility index (Phi) is 2.47. The topological polar surface area (TPSA) is 30.2 Å². The van der Waals surface area contributed by atoms with Gasteiger partial charge in [-0.3, -0.25) is 0 Å². The zero-order valence-corrected chi connectivity index (χ0v) is 6.89. The van der Waals surface area contributed by atoms with Crippen LogP contribution in [0.2, 0.25) is 0 Å². The van der Waals surface area contributed by atoms with E-state index >= 15 is 0 Å². The quantitative estimate of drug-likeness (QED) is 0.646. The van der Waals surface area contributed by atoms with Gasteiger partial charge in [0.15, 0.2) is 0 Å². The Labute approximate surface area is 65.9 Å². The van der Waals surface area contributed by atoms with Crippen LogP contribution in [-0.4, -0.2) is 0 Å². The van der Waals surface area contributed by atoms with Gasteiger partial charge >= 0.3 is 5.63 Å². The van der Waals surface area contributed by atoms with E-state index in [1.54, 1.807) is 0 Å². The fraction of sp³-hybridized carbons (Fsp3) is 0.444. The van der Waals surface area contributed by atoms with Crippen LogP contribution in [0.4, 0.5) is 0 Å². The molecular weight excluding hydrogens is 140 g/mol. The molecule has 0 saturated heterocycles. The van der Waals surface area contributed by atoms with E-state index in [1.807, 2.05) is 13.0 Å². The van der Waals surface area contributed by atoms with Gasteiger partial charge < -0.3 is 4.42 Å². The van der Waals surface area contributed by atoms with Gasteiger partial charge in [-0.15, -0.1) is 0 Å². The fourth-order valence-corrected chi connectivity index (χ4v) is 1.10. The summed E-state index contributed by atoms with van der Waals surface area (Å²) >= 11 is 0. The standard InChI is InChI=1S/C9H12O2/c1-3-7-5-6-9(10)11-8(7)4-2/h5-6H,3-4H2,1-2H3. The van der Waals surface area contributed by atoms with E-state index in [0.29, 0.717) is 0 Å². The molecule has 2 heteroatoms. The van der Waals surface area contributed by atoms with E-state index in [4.69, 9.17) is 4.42 Å². The SMILES string of the molecule is CCc1ccc(=O)oc1CC. The van der Waals surface area contributed by atoms with Crippen LogP contribution in [0, 0.1) is 0 Å². The highest BCUT2D eigenvalue weighted by Gasteiger charge is 2.00. The molecule has 0 N–H and O–H groups in total. The monoisotopic (exact) mass is 152 g/mol. The van der Waals surface area contributed by atoms with Crippen molar-refractivity contribution in [2.75, 3.05) is 0 Å². The zero-order chi connectivity index (χ0) is 8.27.